The summed E-state index contributed by atoms with van der Waals surface area (Å²) in [6.45, 7) is 4.34. The Kier molecular flexibility index (Phi) is 4.44. The highest BCUT2D eigenvalue weighted by Gasteiger charge is 2.57. The summed E-state index contributed by atoms with van der Waals surface area (Å²) in [6.07, 6.45) is 4.28. The Morgan fingerprint density at radius 3 is 2.66 bits per heavy atom. The second kappa shape index (κ2) is 6.77. The lowest BCUT2D eigenvalue weighted by Crippen LogP contribution is -2.40. The molecular weight excluding hydrogens is 378 g/mol. The molecule has 1 aromatic heterocycles. The zero-order chi connectivity index (χ0) is 20.3. The van der Waals surface area contributed by atoms with Gasteiger partial charge in [-0.25, -0.2) is 4.98 Å². The third-order valence-corrected chi connectivity index (χ3v) is 7.38. The van der Waals surface area contributed by atoms with Crippen LogP contribution in [0.25, 0.3) is 0 Å². The molecule has 8 heteroatoms. The van der Waals surface area contributed by atoms with Crippen LogP contribution in [-0.4, -0.2) is 46.7 Å². The van der Waals surface area contributed by atoms with Gasteiger partial charge in [-0.05, 0) is 56.8 Å². The lowest BCUT2D eigenvalue weighted by molar-refractivity contribution is -0.137. The van der Waals surface area contributed by atoms with Crippen LogP contribution in [0.15, 0.2) is 0 Å². The van der Waals surface area contributed by atoms with E-state index in [9.17, 15) is 13.6 Å². The van der Waals surface area contributed by atoms with Crippen molar-refractivity contribution in [3.05, 3.63) is 11.3 Å². The third-order valence-electron chi connectivity index (χ3n) is 7.38. The van der Waals surface area contributed by atoms with Gasteiger partial charge in [-0.1, -0.05) is 0 Å². The van der Waals surface area contributed by atoms with E-state index < -0.39 is 11.9 Å². The maximum Gasteiger partial charge on any atom is 0.303 e. The lowest BCUT2D eigenvalue weighted by Gasteiger charge is -2.36. The van der Waals surface area contributed by atoms with Crippen LogP contribution in [-0.2, 0) is 17.1 Å². The van der Waals surface area contributed by atoms with Gasteiger partial charge in [-0.15, -0.1) is 0 Å². The van der Waals surface area contributed by atoms with Crippen LogP contribution in [0.5, 0.6) is 0 Å². The summed E-state index contributed by atoms with van der Waals surface area (Å²) in [6, 6.07) is 0.249. The highest BCUT2D eigenvalue weighted by molar-refractivity contribution is 5.68. The number of hydrogen-bond acceptors (Lipinski definition) is 5. The molecule has 1 N–H and O–H groups in total. The first-order valence-electron chi connectivity index (χ1n) is 10.9. The van der Waals surface area contributed by atoms with Crippen molar-refractivity contribution in [1.29, 1.82) is 0 Å². The van der Waals surface area contributed by atoms with E-state index in [0.717, 1.165) is 25.8 Å². The van der Waals surface area contributed by atoms with Crippen molar-refractivity contribution in [2.75, 3.05) is 29.4 Å². The minimum Gasteiger partial charge on any atom is -0.481 e. The number of alkyl halides is 2. The van der Waals surface area contributed by atoms with Gasteiger partial charge in [0.2, 0.25) is 5.95 Å². The van der Waals surface area contributed by atoms with Crippen LogP contribution in [0.1, 0.15) is 56.7 Å². The smallest absolute Gasteiger partial charge is 0.303 e. The first kappa shape index (κ1) is 19.0. The van der Waals surface area contributed by atoms with E-state index in [0.29, 0.717) is 55.1 Å². The van der Waals surface area contributed by atoms with E-state index in [1.165, 1.54) is 0 Å². The molecule has 0 spiro atoms. The van der Waals surface area contributed by atoms with Gasteiger partial charge in [-0.2, -0.15) is 13.8 Å². The molecule has 2 aliphatic carbocycles. The zero-order valence-electron chi connectivity index (χ0n) is 16.8. The standard InChI is InChI=1S/C21H28F2N4O2/c1-12-5-2-3-8-27(12)20-24-18-13(6-4-7-21(18,22)23)19(25-20)26-10-15-14(9-17(28)29)16(15)11-26/h12,14-16H,2-11H2,1H3,(H,28,29)/t12-,14?,15?,16?/m0/s1. The van der Waals surface area contributed by atoms with Gasteiger partial charge in [-0.3, -0.25) is 4.79 Å². The Morgan fingerprint density at radius 1 is 1.21 bits per heavy atom. The van der Waals surface area contributed by atoms with Gasteiger partial charge in [0.1, 0.15) is 11.5 Å². The summed E-state index contributed by atoms with van der Waals surface area (Å²) in [5, 5.41) is 9.06. The van der Waals surface area contributed by atoms with Crippen molar-refractivity contribution in [2.24, 2.45) is 17.8 Å². The predicted molar refractivity (Wildman–Crippen MR) is 104 cm³/mol. The number of fused-ring (bicyclic) bond motifs is 2. The molecule has 2 saturated heterocycles. The van der Waals surface area contributed by atoms with Crippen molar-refractivity contribution in [2.45, 2.75) is 63.8 Å². The van der Waals surface area contributed by atoms with Crippen LogP contribution in [0.3, 0.4) is 0 Å². The van der Waals surface area contributed by atoms with Crippen LogP contribution < -0.4 is 9.80 Å². The summed E-state index contributed by atoms with van der Waals surface area (Å²) >= 11 is 0. The van der Waals surface area contributed by atoms with E-state index in [1.807, 2.05) is 0 Å². The molecule has 0 radical (unpaired) electrons. The topological polar surface area (TPSA) is 69.6 Å². The summed E-state index contributed by atoms with van der Waals surface area (Å²) in [5.41, 5.74) is 0.523. The first-order chi connectivity index (χ1) is 13.8. The number of nitrogens with zero attached hydrogens (tertiary/aromatic N) is 4. The Hall–Kier alpha value is -1.99. The number of aliphatic carboxylic acids is 1. The third kappa shape index (κ3) is 3.24. The van der Waals surface area contributed by atoms with E-state index in [4.69, 9.17) is 10.1 Å². The van der Waals surface area contributed by atoms with Crippen molar-refractivity contribution in [3.8, 4) is 0 Å². The molecule has 158 valence electrons. The Morgan fingerprint density at radius 2 is 1.97 bits per heavy atom. The Bertz CT molecular complexity index is 821. The molecule has 4 aliphatic rings. The van der Waals surface area contributed by atoms with Gasteiger partial charge >= 0.3 is 5.97 Å². The van der Waals surface area contributed by atoms with Gasteiger partial charge in [0.05, 0.1) is 0 Å². The van der Waals surface area contributed by atoms with E-state index in [2.05, 4.69) is 21.7 Å². The SMILES string of the molecule is C[C@H]1CCCCN1c1nc(N2CC3C(CC(=O)O)C3C2)c2c(n1)C(F)(F)CCC2. The highest BCUT2D eigenvalue weighted by Crippen LogP contribution is 2.55. The van der Waals surface area contributed by atoms with Gasteiger partial charge in [0.25, 0.3) is 5.92 Å². The molecule has 6 nitrogen and oxygen atoms in total. The number of carboxylic acid groups (broad SMARTS) is 1. The molecule has 2 unspecified atom stereocenters. The number of rotatable bonds is 4. The largest absolute Gasteiger partial charge is 0.481 e. The fraction of sp³-hybridized carbons (Fsp3) is 0.762. The van der Waals surface area contributed by atoms with Crippen LogP contribution in [0.4, 0.5) is 20.5 Å². The number of aromatic nitrogens is 2. The minimum absolute atomic E-state index is 0.0795. The van der Waals surface area contributed by atoms with E-state index in [-0.39, 0.29) is 30.5 Å². The van der Waals surface area contributed by atoms with E-state index >= 15 is 0 Å². The quantitative estimate of drug-likeness (QED) is 0.826. The molecule has 5 rings (SSSR count). The van der Waals surface area contributed by atoms with Gasteiger partial charge < -0.3 is 14.9 Å². The van der Waals surface area contributed by atoms with Crippen molar-refractivity contribution in [3.63, 3.8) is 0 Å². The molecule has 0 amide bonds. The lowest BCUT2D eigenvalue weighted by atomic mass is 9.92. The number of carboxylic acids is 1. The summed E-state index contributed by atoms with van der Waals surface area (Å²) in [4.78, 5) is 24.5. The summed E-state index contributed by atoms with van der Waals surface area (Å²) in [5.74, 6) is -1.64. The Balaban J connectivity index is 1.48. The molecule has 1 aromatic rings. The fourth-order valence-corrected chi connectivity index (χ4v) is 5.71. The second-order valence-electron chi connectivity index (χ2n) is 9.26. The molecule has 3 fully saturated rings. The molecule has 3 heterocycles. The summed E-state index contributed by atoms with van der Waals surface area (Å²) in [7, 11) is 0. The van der Waals surface area contributed by atoms with Crippen LogP contribution >= 0.6 is 0 Å². The average Bonchev–Trinajstić information content (AvgIpc) is 3.10. The van der Waals surface area contributed by atoms with Gasteiger partial charge in [0.15, 0.2) is 0 Å². The normalized spacial score (nSPS) is 32.7. The number of piperidine rings is 2. The summed E-state index contributed by atoms with van der Waals surface area (Å²) < 4.78 is 29.6. The monoisotopic (exact) mass is 406 g/mol. The van der Waals surface area contributed by atoms with Crippen molar-refractivity contribution < 1.29 is 18.7 Å². The van der Waals surface area contributed by atoms with Gasteiger partial charge in [0, 0.05) is 44.1 Å². The molecule has 1 saturated carbocycles. The van der Waals surface area contributed by atoms with E-state index in [1.54, 1.807) is 0 Å². The first-order valence-corrected chi connectivity index (χ1v) is 10.9. The highest BCUT2D eigenvalue weighted by atomic mass is 19.3. The maximum absolute atomic E-state index is 14.8. The molecular formula is C21H28F2N4O2. The predicted octanol–water partition coefficient (Wildman–Crippen LogP) is 3.44. The van der Waals surface area contributed by atoms with Crippen LogP contribution in [0.2, 0.25) is 0 Å². The zero-order valence-corrected chi connectivity index (χ0v) is 16.8. The Labute approximate surface area is 169 Å². The maximum atomic E-state index is 14.8. The number of halogens is 2. The minimum atomic E-state index is -2.91. The number of hydrogen-bond donors (Lipinski definition) is 1. The van der Waals surface area contributed by atoms with Crippen molar-refractivity contribution >= 4 is 17.7 Å². The second-order valence-corrected chi connectivity index (χ2v) is 9.26. The molecule has 0 aromatic carbocycles. The molecule has 3 atom stereocenters. The number of anilines is 2. The molecule has 2 aliphatic heterocycles. The number of carbonyl (C=O) groups is 1. The molecule has 0 bridgehead atoms. The van der Waals surface area contributed by atoms with Crippen LogP contribution in [0, 0.1) is 17.8 Å². The van der Waals surface area contributed by atoms with Crippen molar-refractivity contribution in [1.82, 2.24) is 9.97 Å². The average molecular weight is 406 g/mol. The molecule has 29 heavy (non-hydrogen) atoms. The fourth-order valence-electron chi connectivity index (χ4n) is 5.71.